The topological polar surface area (TPSA) is 50.5 Å². The van der Waals surface area contributed by atoms with Crippen LogP contribution in [0.5, 0.6) is 0 Å². The molecule has 0 N–H and O–H groups in total. The van der Waals surface area contributed by atoms with Gasteiger partial charge in [-0.1, -0.05) is 46.9 Å². The number of nitrogens with zero attached hydrogens (tertiary/aromatic N) is 1. The predicted octanol–water partition coefficient (Wildman–Crippen LogP) is 7.14. The fraction of sp³-hybridized carbons (Fsp3) is 0.0476. The Morgan fingerprint density at radius 3 is 2.55 bits per heavy atom. The second-order valence-corrected chi connectivity index (χ2v) is 8.50. The summed E-state index contributed by atoms with van der Waals surface area (Å²) >= 11 is 19.1. The summed E-state index contributed by atoms with van der Waals surface area (Å²) < 4.78 is 5.79. The van der Waals surface area contributed by atoms with E-state index in [1.54, 1.807) is 54.6 Å². The normalized spacial score (nSPS) is 15.6. The molecule has 0 unspecified atom stereocenters. The van der Waals surface area contributed by atoms with E-state index in [-0.39, 0.29) is 22.6 Å². The minimum Gasteiger partial charge on any atom is -0.457 e. The number of imide groups is 1. The molecule has 1 aliphatic rings. The van der Waals surface area contributed by atoms with Gasteiger partial charge in [0.1, 0.15) is 11.5 Å². The van der Waals surface area contributed by atoms with Gasteiger partial charge in [-0.15, -0.1) is 0 Å². The van der Waals surface area contributed by atoms with Crippen molar-refractivity contribution in [3.8, 4) is 11.3 Å². The van der Waals surface area contributed by atoms with Crippen LogP contribution in [0, 0.1) is 0 Å². The van der Waals surface area contributed by atoms with E-state index in [1.165, 1.54) is 4.90 Å². The van der Waals surface area contributed by atoms with Crippen LogP contribution in [0.25, 0.3) is 17.4 Å². The molecule has 0 aliphatic carbocycles. The molecule has 1 saturated heterocycles. The lowest BCUT2D eigenvalue weighted by molar-refractivity contribution is -0.123. The highest BCUT2D eigenvalue weighted by Gasteiger charge is 2.35. The van der Waals surface area contributed by atoms with E-state index >= 15 is 0 Å². The highest BCUT2D eigenvalue weighted by Crippen LogP contribution is 2.36. The molecule has 8 heteroatoms. The lowest BCUT2D eigenvalue weighted by Crippen LogP contribution is -2.27. The Balaban J connectivity index is 1.56. The standard InChI is InChI=1S/C21H12Cl3NO3S/c22-13-3-1-2-12(8-13)11-25-20(26)19(29-21(25)27)10-15-5-7-18(28-15)16-9-14(23)4-6-17(16)24/h1-10H,11H2/b19-10-. The zero-order valence-electron chi connectivity index (χ0n) is 14.7. The van der Waals surface area contributed by atoms with Crippen LogP contribution in [0.4, 0.5) is 4.79 Å². The molecule has 4 rings (SSSR count). The van der Waals surface area contributed by atoms with Gasteiger partial charge in [0.05, 0.1) is 16.5 Å². The summed E-state index contributed by atoms with van der Waals surface area (Å²) in [5, 5.41) is 1.24. The Morgan fingerprint density at radius 2 is 1.76 bits per heavy atom. The molecule has 4 nitrogen and oxygen atoms in total. The van der Waals surface area contributed by atoms with Gasteiger partial charge in [0.25, 0.3) is 11.1 Å². The van der Waals surface area contributed by atoms with Crippen LogP contribution >= 0.6 is 46.6 Å². The molecule has 0 radical (unpaired) electrons. The van der Waals surface area contributed by atoms with Gasteiger partial charge in [-0.2, -0.15) is 0 Å². The van der Waals surface area contributed by atoms with Crippen LogP contribution < -0.4 is 0 Å². The fourth-order valence-corrected chi connectivity index (χ4v) is 4.26. The first-order valence-electron chi connectivity index (χ1n) is 8.46. The predicted molar refractivity (Wildman–Crippen MR) is 117 cm³/mol. The third-order valence-electron chi connectivity index (χ3n) is 4.20. The number of carbonyl (C=O) groups is 2. The number of halogens is 3. The number of amides is 2. The number of hydrogen-bond acceptors (Lipinski definition) is 4. The molecule has 2 heterocycles. The van der Waals surface area contributed by atoms with Crippen molar-refractivity contribution in [2.75, 3.05) is 0 Å². The lowest BCUT2D eigenvalue weighted by atomic mass is 10.2. The molecular weight excluding hydrogens is 453 g/mol. The van der Waals surface area contributed by atoms with E-state index in [1.807, 2.05) is 6.07 Å². The van der Waals surface area contributed by atoms with Crippen LogP contribution in [0.3, 0.4) is 0 Å². The van der Waals surface area contributed by atoms with E-state index in [0.29, 0.717) is 32.2 Å². The molecule has 0 spiro atoms. The van der Waals surface area contributed by atoms with Crippen molar-refractivity contribution in [1.29, 1.82) is 0 Å². The zero-order valence-corrected chi connectivity index (χ0v) is 17.8. The average Bonchev–Trinajstić information content (AvgIpc) is 3.24. The Bertz CT molecular complexity index is 1160. The average molecular weight is 465 g/mol. The third kappa shape index (κ3) is 4.38. The molecular formula is C21H12Cl3NO3S. The van der Waals surface area contributed by atoms with Crippen LogP contribution in [0.1, 0.15) is 11.3 Å². The van der Waals surface area contributed by atoms with Crippen molar-refractivity contribution in [3.63, 3.8) is 0 Å². The molecule has 1 fully saturated rings. The second kappa shape index (κ2) is 8.28. The number of rotatable bonds is 4. The number of furan rings is 1. The molecule has 0 bridgehead atoms. The smallest absolute Gasteiger partial charge is 0.293 e. The summed E-state index contributed by atoms with van der Waals surface area (Å²) in [6.07, 6.45) is 1.55. The number of benzene rings is 2. The largest absolute Gasteiger partial charge is 0.457 e. The minimum atomic E-state index is -0.376. The highest BCUT2D eigenvalue weighted by molar-refractivity contribution is 8.18. The summed E-state index contributed by atoms with van der Waals surface area (Å²) in [7, 11) is 0. The SMILES string of the molecule is O=C1S/C(=C\c2ccc(-c3cc(Cl)ccc3Cl)o2)C(=O)N1Cc1cccc(Cl)c1. The third-order valence-corrected chi connectivity index (χ3v) is 5.90. The van der Waals surface area contributed by atoms with Crippen LogP contribution in [0.15, 0.2) is 63.9 Å². The number of hydrogen-bond donors (Lipinski definition) is 0. The summed E-state index contributed by atoms with van der Waals surface area (Å²) in [6.45, 7) is 0.157. The molecule has 2 aromatic carbocycles. The highest BCUT2D eigenvalue weighted by atomic mass is 35.5. The Hall–Kier alpha value is -2.18. The summed E-state index contributed by atoms with van der Waals surface area (Å²) in [5.74, 6) is 0.574. The van der Waals surface area contributed by atoms with Gasteiger partial charge in [0.2, 0.25) is 0 Å². The lowest BCUT2D eigenvalue weighted by Gasteiger charge is -2.12. The Morgan fingerprint density at radius 1 is 0.966 bits per heavy atom. The van der Waals surface area contributed by atoms with Crippen molar-refractivity contribution in [3.05, 3.63) is 85.9 Å². The van der Waals surface area contributed by atoms with Crippen molar-refractivity contribution < 1.29 is 14.0 Å². The molecule has 1 aromatic heterocycles. The summed E-state index contributed by atoms with van der Waals surface area (Å²) in [5.41, 5.74) is 1.42. The van der Waals surface area contributed by atoms with Gasteiger partial charge in [-0.3, -0.25) is 14.5 Å². The molecule has 3 aromatic rings. The molecule has 1 aliphatic heterocycles. The maximum absolute atomic E-state index is 12.7. The molecule has 0 saturated carbocycles. The zero-order chi connectivity index (χ0) is 20.5. The first-order valence-corrected chi connectivity index (χ1v) is 10.4. The first kappa shape index (κ1) is 20.1. The van der Waals surface area contributed by atoms with Gasteiger partial charge in [0, 0.05) is 21.7 Å². The van der Waals surface area contributed by atoms with Crippen LogP contribution in [-0.4, -0.2) is 16.0 Å². The van der Waals surface area contributed by atoms with E-state index in [2.05, 4.69) is 0 Å². The van der Waals surface area contributed by atoms with E-state index in [4.69, 9.17) is 39.2 Å². The van der Waals surface area contributed by atoms with E-state index < -0.39 is 0 Å². The molecule has 0 atom stereocenters. The van der Waals surface area contributed by atoms with Crippen molar-refractivity contribution in [2.24, 2.45) is 0 Å². The van der Waals surface area contributed by atoms with Gasteiger partial charge >= 0.3 is 0 Å². The van der Waals surface area contributed by atoms with Gasteiger partial charge < -0.3 is 4.42 Å². The van der Waals surface area contributed by atoms with E-state index in [9.17, 15) is 9.59 Å². The fourth-order valence-electron chi connectivity index (χ4n) is 2.84. The van der Waals surface area contributed by atoms with Crippen LogP contribution in [0.2, 0.25) is 15.1 Å². The molecule has 29 heavy (non-hydrogen) atoms. The quantitative estimate of drug-likeness (QED) is 0.385. The van der Waals surface area contributed by atoms with E-state index in [0.717, 1.165) is 17.3 Å². The summed E-state index contributed by atoms with van der Waals surface area (Å²) in [4.78, 5) is 26.5. The Labute approximate surface area is 186 Å². The maximum Gasteiger partial charge on any atom is 0.293 e. The second-order valence-electron chi connectivity index (χ2n) is 6.22. The monoisotopic (exact) mass is 463 g/mol. The number of carbonyl (C=O) groups excluding carboxylic acids is 2. The van der Waals surface area contributed by atoms with Crippen molar-refractivity contribution >= 4 is 63.8 Å². The van der Waals surface area contributed by atoms with Crippen molar-refractivity contribution in [2.45, 2.75) is 6.54 Å². The molecule has 146 valence electrons. The summed E-state index contributed by atoms with van der Waals surface area (Å²) in [6, 6.07) is 15.6. The maximum atomic E-state index is 12.7. The first-order chi connectivity index (χ1) is 13.9. The van der Waals surface area contributed by atoms with Gasteiger partial charge in [0.15, 0.2) is 0 Å². The number of thioether (sulfide) groups is 1. The van der Waals surface area contributed by atoms with Gasteiger partial charge in [-0.25, -0.2) is 0 Å². The minimum absolute atomic E-state index is 0.157. The van der Waals surface area contributed by atoms with Crippen molar-refractivity contribution in [1.82, 2.24) is 4.90 Å². The van der Waals surface area contributed by atoms with Crippen LogP contribution in [-0.2, 0) is 11.3 Å². The van der Waals surface area contributed by atoms with Gasteiger partial charge in [-0.05, 0) is 59.8 Å². The Kier molecular flexibility index (Phi) is 5.74. The molecule has 2 amide bonds.